The van der Waals surface area contributed by atoms with Crippen molar-refractivity contribution in [2.75, 3.05) is 7.05 Å². The van der Waals surface area contributed by atoms with Gasteiger partial charge in [-0.25, -0.2) is 4.98 Å². The Labute approximate surface area is 108 Å². The highest BCUT2D eigenvalue weighted by Gasteiger charge is 2.15. The first-order valence-corrected chi connectivity index (χ1v) is 6.64. The molecule has 1 aromatic heterocycles. The molecule has 0 aliphatic heterocycles. The van der Waals surface area contributed by atoms with Crippen molar-refractivity contribution in [1.29, 1.82) is 0 Å². The van der Waals surface area contributed by atoms with Gasteiger partial charge in [0.25, 0.3) is 0 Å². The third kappa shape index (κ3) is 3.58. The van der Waals surface area contributed by atoms with Crippen LogP contribution in [0.3, 0.4) is 0 Å². The fraction of sp³-hybridized carbons (Fsp3) is 0.615. The Morgan fingerprint density at radius 1 is 1.35 bits per heavy atom. The molecular weight excluding hydrogens is 236 g/mol. The van der Waals surface area contributed by atoms with Gasteiger partial charge in [-0.15, -0.1) is 0 Å². The van der Waals surface area contributed by atoms with E-state index in [0.717, 1.165) is 18.5 Å². The van der Waals surface area contributed by atoms with Gasteiger partial charge in [0.15, 0.2) is 0 Å². The fourth-order valence-corrected chi connectivity index (χ4v) is 2.35. The highest BCUT2D eigenvalue weighted by molar-refractivity contribution is 6.31. The smallest absolute Gasteiger partial charge is 0.213 e. The molecule has 1 saturated carbocycles. The summed E-state index contributed by atoms with van der Waals surface area (Å²) in [5.74, 6) is 0.701. The number of aromatic nitrogens is 1. The van der Waals surface area contributed by atoms with Crippen LogP contribution in [-0.2, 0) is 6.54 Å². The first kappa shape index (κ1) is 12.7. The van der Waals surface area contributed by atoms with E-state index in [1.165, 1.54) is 19.3 Å². The summed E-state index contributed by atoms with van der Waals surface area (Å²) in [6.45, 7) is 0.667. The number of rotatable bonds is 4. The normalized spacial score (nSPS) is 17.1. The summed E-state index contributed by atoms with van der Waals surface area (Å²) >= 11 is 6.06. The molecule has 0 radical (unpaired) electrons. The second kappa shape index (κ2) is 6.22. The Morgan fingerprint density at radius 2 is 2.12 bits per heavy atom. The van der Waals surface area contributed by atoms with Crippen LogP contribution in [0.2, 0.25) is 5.02 Å². The van der Waals surface area contributed by atoms with Crippen LogP contribution in [0.25, 0.3) is 0 Å². The average molecular weight is 255 g/mol. The number of pyridine rings is 1. The van der Waals surface area contributed by atoms with Gasteiger partial charge in [-0.2, -0.15) is 0 Å². The number of nitrogens with zero attached hydrogens (tertiary/aromatic N) is 1. The van der Waals surface area contributed by atoms with E-state index in [1.807, 2.05) is 19.2 Å². The van der Waals surface area contributed by atoms with Crippen molar-refractivity contribution < 1.29 is 4.74 Å². The molecule has 17 heavy (non-hydrogen) atoms. The SMILES string of the molecule is CNCc1nc(OC2CCCCC2)ccc1Cl. The predicted molar refractivity (Wildman–Crippen MR) is 69.5 cm³/mol. The lowest BCUT2D eigenvalue weighted by Crippen LogP contribution is -2.20. The molecule has 0 saturated heterocycles. The minimum absolute atomic E-state index is 0.333. The third-order valence-electron chi connectivity index (χ3n) is 3.08. The zero-order chi connectivity index (χ0) is 12.1. The topological polar surface area (TPSA) is 34.2 Å². The molecule has 94 valence electrons. The Bertz CT molecular complexity index is 364. The molecule has 3 nitrogen and oxygen atoms in total. The first-order chi connectivity index (χ1) is 8.29. The lowest BCUT2D eigenvalue weighted by Gasteiger charge is -2.22. The zero-order valence-corrected chi connectivity index (χ0v) is 11.0. The van der Waals surface area contributed by atoms with E-state index in [9.17, 15) is 0 Å². The van der Waals surface area contributed by atoms with Crippen molar-refractivity contribution >= 4 is 11.6 Å². The summed E-state index contributed by atoms with van der Waals surface area (Å²) < 4.78 is 5.90. The number of ether oxygens (including phenoxy) is 1. The molecule has 2 rings (SSSR count). The molecule has 1 aliphatic carbocycles. The highest BCUT2D eigenvalue weighted by atomic mass is 35.5. The van der Waals surface area contributed by atoms with Gasteiger partial charge in [0.05, 0.1) is 10.7 Å². The van der Waals surface area contributed by atoms with E-state index in [1.54, 1.807) is 0 Å². The minimum atomic E-state index is 0.333. The van der Waals surface area contributed by atoms with Crippen LogP contribution < -0.4 is 10.1 Å². The highest BCUT2D eigenvalue weighted by Crippen LogP contribution is 2.24. The van der Waals surface area contributed by atoms with Crippen molar-refractivity contribution in [2.24, 2.45) is 0 Å². The molecule has 0 amide bonds. The summed E-state index contributed by atoms with van der Waals surface area (Å²) in [6, 6.07) is 3.72. The maximum absolute atomic E-state index is 6.06. The van der Waals surface area contributed by atoms with Crippen LogP contribution in [0.5, 0.6) is 5.88 Å². The van der Waals surface area contributed by atoms with Gasteiger partial charge in [-0.3, -0.25) is 0 Å². The largest absolute Gasteiger partial charge is 0.474 e. The molecule has 0 bridgehead atoms. The lowest BCUT2D eigenvalue weighted by atomic mass is 9.98. The maximum atomic E-state index is 6.06. The van der Waals surface area contributed by atoms with Crippen LogP contribution in [0.1, 0.15) is 37.8 Å². The van der Waals surface area contributed by atoms with E-state index >= 15 is 0 Å². The molecule has 1 fully saturated rings. The molecule has 0 atom stereocenters. The summed E-state index contributed by atoms with van der Waals surface area (Å²) in [7, 11) is 1.88. The monoisotopic (exact) mass is 254 g/mol. The van der Waals surface area contributed by atoms with E-state index in [4.69, 9.17) is 16.3 Å². The van der Waals surface area contributed by atoms with Gasteiger partial charge < -0.3 is 10.1 Å². The molecule has 0 unspecified atom stereocenters. The Balaban J connectivity index is 2.02. The van der Waals surface area contributed by atoms with Gasteiger partial charge in [0.1, 0.15) is 6.10 Å². The van der Waals surface area contributed by atoms with Crippen molar-refractivity contribution in [3.8, 4) is 5.88 Å². The zero-order valence-electron chi connectivity index (χ0n) is 10.2. The standard InChI is InChI=1S/C13H19ClN2O/c1-15-9-12-11(14)7-8-13(16-12)17-10-5-3-2-4-6-10/h7-8,10,15H,2-6,9H2,1H3. The summed E-state index contributed by atoms with van der Waals surface area (Å²) in [6.07, 6.45) is 6.49. The number of hydrogen-bond donors (Lipinski definition) is 1. The molecule has 1 N–H and O–H groups in total. The molecule has 1 aromatic rings. The average Bonchev–Trinajstić information content (AvgIpc) is 2.35. The lowest BCUT2D eigenvalue weighted by molar-refractivity contribution is 0.148. The Morgan fingerprint density at radius 3 is 2.82 bits per heavy atom. The predicted octanol–water partition coefficient (Wildman–Crippen LogP) is 3.17. The molecule has 0 spiro atoms. The van der Waals surface area contributed by atoms with Crippen LogP contribution in [0.4, 0.5) is 0 Å². The van der Waals surface area contributed by atoms with E-state index in [2.05, 4.69) is 10.3 Å². The maximum Gasteiger partial charge on any atom is 0.213 e. The first-order valence-electron chi connectivity index (χ1n) is 6.26. The minimum Gasteiger partial charge on any atom is -0.474 e. The number of nitrogens with one attached hydrogen (secondary N) is 1. The fourth-order valence-electron chi connectivity index (χ4n) is 2.18. The molecular formula is C13H19ClN2O. The Kier molecular flexibility index (Phi) is 4.63. The van der Waals surface area contributed by atoms with E-state index < -0.39 is 0 Å². The quantitative estimate of drug-likeness (QED) is 0.896. The van der Waals surface area contributed by atoms with Crippen LogP contribution >= 0.6 is 11.6 Å². The molecule has 4 heteroatoms. The van der Waals surface area contributed by atoms with Crippen molar-refractivity contribution in [3.05, 3.63) is 22.8 Å². The van der Waals surface area contributed by atoms with Crippen LogP contribution in [0.15, 0.2) is 12.1 Å². The number of hydrogen-bond acceptors (Lipinski definition) is 3. The Hall–Kier alpha value is -0.800. The molecule has 1 aliphatic rings. The van der Waals surface area contributed by atoms with Gasteiger partial charge in [0.2, 0.25) is 5.88 Å². The third-order valence-corrected chi connectivity index (χ3v) is 3.42. The second-order valence-corrected chi connectivity index (χ2v) is 4.89. The molecule has 1 heterocycles. The summed E-state index contributed by atoms with van der Waals surface area (Å²) in [5, 5.41) is 3.74. The second-order valence-electron chi connectivity index (χ2n) is 4.49. The van der Waals surface area contributed by atoms with Gasteiger partial charge >= 0.3 is 0 Å². The van der Waals surface area contributed by atoms with Crippen molar-refractivity contribution in [3.63, 3.8) is 0 Å². The summed E-state index contributed by atoms with van der Waals surface area (Å²) in [4.78, 5) is 4.44. The van der Waals surface area contributed by atoms with Gasteiger partial charge in [-0.1, -0.05) is 18.0 Å². The molecule has 0 aromatic carbocycles. The number of halogens is 1. The van der Waals surface area contributed by atoms with Crippen LogP contribution in [-0.4, -0.2) is 18.1 Å². The van der Waals surface area contributed by atoms with Crippen molar-refractivity contribution in [2.45, 2.75) is 44.8 Å². The van der Waals surface area contributed by atoms with Gasteiger partial charge in [-0.05, 0) is 38.8 Å². The van der Waals surface area contributed by atoms with Gasteiger partial charge in [0, 0.05) is 12.6 Å². The van der Waals surface area contributed by atoms with E-state index in [-0.39, 0.29) is 0 Å². The van der Waals surface area contributed by atoms with Crippen molar-refractivity contribution in [1.82, 2.24) is 10.3 Å². The van der Waals surface area contributed by atoms with E-state index in [0.29, 0.717) is 23.6 Å². The summed E-state index contributed by atoms with van der Waals surface area (Å²) in [5.41, 5.74) is 0.850. The van der Waals surface area contributed by atoms with Crippen LogP contribution in [0, 0.1) is 0 Å².